The molecule has 2 aliphatic carbocycles. The molecule has 1 atom stereocenters. The molecule has 1 unspecified atom stereocenters. The molecule has 0 saturated carbocycles. The van der Waals surface area contributed by atoms with Crippen molar-refractivity contribution in [2.45, 2.75) is 50.5 Å². The van der Waals surface area contributed by atoms with Crippen LogP contribution >= 0.6 is 0 Å². The standard InChI is InChI=1S/C15H22O3/c1-17-13-10-14(16)15(18-2)9-7-5-3-4-6-8-12(13)11-15/h10-11H,3-9H2,1-2H3. The summed E-state index contributed by atoms with van der Waals surface area (Å²) < 4.78 is 10.9. The van der Waals surface area contributed by atoms with Crippen molar-refractivity contribution < 1.29 is 14.3 Å². The molecular weight excluding hydrogens is 228 g/mol. The Bertz CT molecular complexity index is 381. The molecule has 0 aliphatic heterocycles. The lowest BCUT2D eigenvalue weighted by atomic mass is 9.82. The fraction of sp³-hybridized carbons (Fsp3) is 0.667. The van der Waals surface area contributed by atoms with E-state index in [1.54, 1.807) is 20.3 Å². The number of carbonyl (C=O) groups excluding carboxylic acids is 1. The van der Waals surface area contributed by atoms with E-state index in [1.807, 2.05) is 6.08 Å². The smallest absolute Gasteiger partial charge is 0.195 e. The molecule has 0 spiro atoms. The number of hydrogen-bond donors (Lipinski definition) is 0. The Hall–Kier alpha value is -1.09. The molecule has 2 aliphatic rings. The van der Waals surface area contributed by atoms with E-state index in [0.29, 0.717) is 5.76 Å². The number of rotatable bonds is 2. The Morgan fingerprint density at radius 1 is 1.11 bits per heavy atom. The molecule has 2 rings (SSSR count). The monoisotopic (exact) mass is 250 g/mol. The number of ketones is 1. The van der Waals surface area contributed by atoms with Crippen molar-refractivity contribution in [1.82, 2.24) is 0 Å². The Morgan fingerprint density at radius 2 is 1.83 bits per heavy atom. The number of allylic oxidation sites excluding steroid dienone is 1. The van der Waals surface area contributed by atoms with Gasteiger partial charge in [-0.15, -0.1) is 0 Å². The van der Waals surface area contributed by atoms with Gasteiger partial charge in [0.15, 0.2) is 5.78 Å². The average Bonchev–Trinajstić information content (AvgIpc) is 2.40. The van der Waals surface area contributed by atoms with Crippen LogP contribution in [0.2, 0.25) is 0 Å². The predicted octanol–water partition coefficient (Wildman–Crippen LogP) is 3.16. The Morgan fingerprint density at radius 3 is 2.56 bits per heavy atom. The van der Waals surface area contributed by atoms with Gasteiger partial charge in [-0.25, -0.2) is 0 Å². The first-order valence-corrected chi connectivity index (χ1v) is 6.79. The van der Waals surface area contributed by atoms with Crippen LogP contribution in [0, 0.1) is 0 Å². The van der Waals surface area contributed by atoms with Crippen LogP contribution in [0.1, 0.15) is 44.9 Å². The molecule has 0 saturated heterocycles. The average molecular weight is 250 g/mol. The summed E-state index contributed by atoms with van der Waals surface area (Å²) >= 11 is 0. The molecule has 0 aromatic heterocycles. The van der Waals surface area contributed by atoms with Crippen LogP contribution in [0.3, 0.4) is 0 Å². The van der Waals surface area contributed by atoms with Gasteiger partial charge in [0.1, 0.15) is 11.4 Å². The summed E-state index contributed by atoms with van der Waals surface area (Å²) in [5, 5.41) is 0. The quantitative estimate of drug-likeness (QED) is 0.755. The molecule has 2 bridgehead atoms. The van der Waals surface area contributed by atoms with Gasteiger partial charge in [-0.05, 0) is 37.3 Å². The van der Waals surface area contributed by atoms with E-state index >= 15 is 0 Å². The topological polar surface area (TPSA) is 35.5 Å². The van der Waals surface area contributed by atoms with Crippen molar-refractivity contribution in [1.29, 1.82) is 0 Å². The maximum absolute atomic E-state index is 12.3. The first-order valence-electron chi connectivity index (χ1n) is 6.79. The number of carbonyl (C=O) groups is 1. The van der Waals surface area contributed by atoms with E-state index in [4.69, 9.17) is 9.47 Å². The molecule has 3 heteroatoms. The van der Waals surface area contributed by atoms with E-state index in [9.17, 15) is 4.79 Å². The van der Waals surface area contributed by atoms with E-state index < -0.39 is 5.60 Å². The summed E-state index contributed by atoms with van der Waals surface area (Å²) in [7, 11) is 3.25. The van der Waals surface area contributed by atoms with Gasteiger partial charge in [0.25, 0.3) is 0 Å². The fourth-order valence-electron chi connectivity index (χ4n) is 2.83. The highest BCUT2D eigenvalue weighted by atomic mass is 16.5. The van der Waals surface area contributed by atoms with Crippen LogP contribution in [0.4, 0.5) is 0 Å². The Labute approximate surface area is 109 Å². The SMILES string of the molecule is COC1=CC(=O)C2(OC)C=C1CCCCCCC2. The third kappa shape index (κ3) is 2.51. The van der Waals surface area contributed by atoms with Crippen LogP contribution in [0.25, 0.3) is 0 Å². The highest BCUT2D eigenvalue weighted by molar-refractivity contribution is 6.01. The Balaban J connectivity index is 2.33. The summed E-state index contributed by atoms with van der Waals surface area (Å²) in [5.41, 5.74) is 0.384. The van der Waals surface area contributed by atoms with Gasteiger partial charge in [0, 0.05) is 13.2 Å². The van der Waals surface area contributed by atoms with E-state index in [2.05, 4.69) is 0 Å². The molecule has 3 nitrogen and oxygen atoms in total. The van der Waals surface area contributed by atoms with E-state index in [-0.39, 0.29) is 5.78 Å². The summed E-state index contributed by atoms with van der Waals surface area (Å²) in [5.74, 6) is 0.736. The molecule has 18 heavy (non-hydrogen) atoms. The minimum Gasteiger partial charge on any atom is -0.496 e. The number of hydrogen-bond acceptors (Lipinski definition) is 3. The second-order valence-electron chi connectivity index (χ2n) is 5.11. The minimum absolute atomic E-state index is 0.0196. The summed E-state index contributed by atoms with van der Waals surface area (Å²) in [6.07, 6.45) is 11.2. The lowest BCUT2D eigenvalue weighted by Gasteiger charge is -2.32. The third-order valence-corrected chi connectivity index (χ3v) is 3.98. The molecule has 0 aromatic rings. The number of methoxy groups -OCH3 is 2. The Kier molecular flexibility index (Phi) is 4.23. The van der Waals surface area contributed by atoms with Crippen LogP contribution in [0.5, 0.6) is 0 Å². The molecule has 0 amide bonds. The van der Waals surface area contributed by atoms with Crippen LogP contribution in [0.15, 0.2) is 23.5 Å². The molecule has 0 aromatic carbocycles. The summed E-state index contributed by atoms with van der Waals surface area (Å²) in [4.78, 5) is 12.3. The maximum Gasteiger partial charge on any atom is 0.195 e. The molecule has 0 heterocycles. The molecule has 0 N–H and O–H groups in total. The van der Waals surface area contributed by atoms with Crippen LogP contribution in [-0.4, -0.2) is 25.6 Å². The van der Waals surface area contributed by atoms with Crippen molar-refractivity contribution in [3.8, 4) is 0 Å². The van der Waals surface area contributed by atoms with E-state index in [0.717, 1.165) is 31.3 Å². The van der Waals surface area contributed by atoms with Crippen molar-refractivity contribution in [2.24, 2.45) is 0 Å². The summed E-state index contributed by atoms with van der Waals surface area (Å²) in [6, 6.07) is 0. The maximum atomic E-state index is 12.3. The number of fused-ring (bicyclic) bond motifs is 1. The van der Waals surface area contributed by atoms with Crippen molar-refractivity contribution in [3.63, 3.8) is 0 Å². The summed E-state index contributed by atoms with van der Waals surface area (Å²) in [6.45, 7) is 0. The molecule has 0 radical (unpaired) electrons. The normalized spacial score (nSPS) is 29.3. The predicted molar refractivity (Wildman–Crippen MR) is 70.2 cm³/mol. The van der Waals surface area contributed by atoms with Gasteiger partial charge >= 0.3 is 0 Å². The minimum atomic E-state index is -0.741. The second kappa shape index (κ2) is 5.70. The molecule has 0 fully saturated rings. The molecular formula is C15H22O3. The lowest BCUT2D eigenvalue weighted by molar-refractivity contribution is -0.132. The van der Waals surface area contributed by atoms with Gasteiger partial charge in [0.05, 0.1) is 7.11 Å². The van der Waals surface area contributed by atoms with Crippen LogP contribution < -0.4 is 0 Å². The largest absolute Gasteiger partial charge is 0.496 e. The van der Waals surface area contributed by atoms with E-state index in [1.165, 1.54) is 19.3 Å². The zero-order valence-electron chi connectivity index (χ0n) is 11.3. The van der Waals surface area contributed by atoms with Gasteiger partial charge in [-0.2, -0.15) is 0 Å². The zero-order chi connectivity index (χ0) is 13.0. The second-order valence-corrected chi connectivity index (χ2v) is 5.11. The van der Waals surface area contributed by atoms with Crippen molar-refractivity contribution >= 4 is 5.78 Å². The molecule has 100 valence electrons. The first kappa shape index (κ1) is 13.3. The van der Waals surface area contributed by atoms with Crippen LogP contribution in [-0.2, 0) is 14.3 Å². The van der Waals surface area contributed by atoms with Crippen molar-refractivity contribution in [2.75, 3.05) is 14.2 Å². The fourth-order valence-corrected chi connectivity index (χ4v) is 2.83. The van der Waals surface area contributed by atoms with Gasteiger partial charge in [0.2, 0.25) is 0 Å². The van der Waals surface area contributed by atoms with Gasteiger partial charge in [-0.1, -0.05) is 19.3 Å². The van der Waals surface area contributed by atoms with Gasteiger partial charge in [-0.3, -0.25) is 4.79 Å². The van der Waals surface area contributed by atoms with Crippen molar-refractivity contribution in [3.05, 3.63) is 23.5 Å². The highest BCUT2D eigenvalue weighted by Crippen LogP contribution is 2.34. The van der Waals surface area contributed by atoms with Gasteiger partial charge < -0.3 is 9.47 Å². The first-order chi connectivity index (χ1) is 8.72. The number of ether oxygens (including phenoxy) is 2. The third-order valence-electron chi connectivity index (χ3n) is 3.98. The highest BCUT2D eigenvalue weighted by Gasteiger charge is 2.38. The zero-order valence-corrected chi connectivity index (χ0v) is 11.3. The lowest BCUT2D eigenvalue weighted by Crippen LogP contribution is -2.40.